The summed E-state index contributed by atoms with van der Waals surface area (Å²) in [6, 6.07) is -0.551. The third-order valence-electron chi connectivity index (χ3n) is 4.28. The van der Waals surface area contributed by atoms with Crippen LogP contribution in [-0.4, -0.2) is 28.5 Å². The number of aryl methyl sites for hydroxylation is 2. The van der Waals surface area contributed by atoms with Gasteiger partial charge in [0.1, 0.15) is 17.0 Å². The van der Waals surface area contributed by atoms with E-state index in [2.05, 4.69) is 9.97 Å². The van der Waals surface area contributed by atoms with Gasteiger partial charge in [0.15, 0.2) is 0 Å². The smallest absolute Gasteiger partial charge is 0.141 e. The second-order valence-electron chi connectivity index (χ2n) is 5.41. The van der Waals surface area contributed by atoms with Crippen LogP contribution < -0.4 is 10.0 Å². The topological polar surface area (TPSA) is 69.2 Å². The molecule has 0 saturated carbocycles. The van der Waals surface area contributed by atoms with Crippen LogP contribution in [-0.2, 0) is 17.6 Å². The number of aromatic nitrogens is 2. The second-order valence-corrected chi connectivity index (χ2v) is 6.49. The van der Waals surface area contributed by atoms with Gasteiger partial charge in [-0.25, -0.2) is 9.97 Å². The molecule has 1 saturated heterocycles. The van der Waals surface area contributed by atoms with Gasteiger partial charge in [0.05, 0.1) is 17.4 Å². The van der Waals surface area contributed by atoms with Gasteiger partial charge in [0.2, 0.25) is 0 Å². The number of carbonyl (C=O) groups excluding carboxylic acids is 1. The number of nitrogens with zero attached hydrogens (tertiary/aromatic N) is 3. The molecule has 104 valence electrons. The SMILES string of the molecule is O=C([O-])[C@H]1CCCN1c1ncnc2sc3c(c12)CCC3. The molecular formula is C14H14N3O2S-. The molecule has 4 rings (SSSR count). The number of aliphatic carboxylic acids is 1. The molecule has 2 aromatic rings. The van der Waals surface area contributed by atoms with Crippen LogP contribution in [0.15, 0.2) is 6.33 Å². The van der Waals surface area contributed by atoms with E-state index < -0.39 is 12.0 Å². The molecule has 0 radical (unpaired) electrons. The number of thiophene rings is 1. The van der Waals surface area contributed by atoms with E-state index in [0.717, 1.165) is 41.8 Å². The summed E-state index contributed by atoms with van der Waals surface area (Å²) in [5.41, 5.74) is 1.34. The van der Waals surface area contributed by atoms with Crippen LogP contribution in [0.1, 0.15) is 29.7 Å². The monoisotopic (exact) mass is 288 g/mol. The zero-order chi connectivity index (χ0) is 13.7. The average Bonchev–Trinajstić information content (AvgIpc) is 3.12. The lowest BCUT2D eigenvalue weighted by atomic mass is 10.1. The van der Waals surface area contributed by atoms with Crippen molar-refractivity contribution in [3.8, 4) is 0 Å². The highest BCUT2D eigenvalue weighted by atomic mass is 32.1. The molecule has 6 heteroatoms. The second kappa shape index (κ2) is 4.41. The molecule has 0 unspecified atom stereocenters. The minimum atomic E-state index is -0.999. The van der Waals surface area contributed by atoms with Crippen LogP contribution >= 0.6 is 11.3 Å². The quantitative estimate of drug-likeness (QED) is 0.821. The summed E-state index contributed by atoms with van der Waals surface area (Å²) in [4.78, 5) is 24.3. The minimum absolute atomic E-state index is 0.551. The van der Waals surface area contributed by atoms with Gasteiger partial charge in [-0.1, -0.05) is 0 Å². The van der Waals surface area contributed by atoms with Gasteiger partial charge in [0, 0.05) is 11.4 Å². The molecule has 0 amide bonds. The number of hydrogen-bond acceptors (Lipinski definition) is 6. The zero-order valence-corrected chi connectivity index (χ0v) is 11.8. The van der Waals surface area contributed by atoms with Gasteiger partial charge in [-0.3, -0.25) is 0 Å². The molecule has 1 fully saturated rings. The number of anilines is 1. The Labute approximate surface area is 120 Å². The highest BCUT2D eigenvalue weighted by Crippen LogP contribution is 2.41. The molecule has 0 N–H and O–H groups in total. The van der Waals surface area contributed by atoms with Crippen molar-refractivity contribution in [1.82, 2.24) is 9.97 Å². The van der Waals surface area contributed by atoms with E-state index >= 15 is 0 Å². The molecule has 2 aromatic heterocycles. The lowest BCUT2D eigenvalue weighted by Gasteiger charge is -2.27. The first-order chi connectivity index (χ1) is 9.75. The van der Waals surface area contributed by atoms with Crippen molar-refractivity contribution in [1.29, 1.82) is 0 Å². The fraction of sp³-hybridized carbons (Fsp3) is 0.500. The highest BCUT2D eigenvalue weighted by Gasteiger charge is 2.30. The summed E-state index contributed by atoms with van der Waals surface area (Å²) in [7, 11) is 0. The average molecular weight is 288 g/mol. The van der Waals surface area contributed by atoms with Crippen LogP contribution in [0.3, 0.4) is 0 Å². The van der Waals surface area contributed by atoms with E-state index in [1.807, 2.05) is 4.90 Å². The van der Waals surface area contributed by atoms with Crippen molar-refractivity contribution < 1.29 is 9.90 Å². The van der Waals surface area contributed by atoms with Gasteiger partial charge in [-0.2, -0.15) is 0 Å². The first-order valence-corrected chi connectivity index (χ1v) is 7.80. The Hall–Kier alpha value is -1.69. The summed E-state index contributed by atoms with van der Waals surface area (Å²) in [6.45, 7) is 0.732. The zero-order valence-electron chi connectivity index (χ0n) is 11.0. The fourth-order valence-electron chi connectivity index (χ4n) is 3.39. The molecule has 20 heavy (non-hydrogen) atoms. The van der Waals surface area contributed by atoms with Crippen molar-refractivity contribution in [2.24, 2.45) is 0 Å². The highest BCUT2D eigenvalue weighted by molar-refractivity contribution is 7.19. The maximum Gasteiger partial charge on any atom is 0.141 e. The maximum atomic E-state index is 11.3. The van der Waals surface area contributed by atoms with Gasteiger partial charge < -0.3 is 14.8 Å². The number of rotatable bonds is 2. The van der Waals surface area contributed by atoms with Gasteiger partial charge in [0.25, 0.3) is 0 Å². The third kappa shape index (κ3) is 1.64. The Bertz CT molecular complexity index is 697. The van der Waals surface area contributed by atoms with Crippen molar-refractivity contribution in [2.45, 2.75) is 38.1 Å². The molecule has 1 aliphatic heterocycles. The fourth-order valence-corrected chi connectivity index (χ4v) is 4.62. The van der Waals surface area contributed by atoms with E-state index in [0.29, 0.717) is 6.42 Å². The predicted molar refractivity (Wildman–Crippen MR) is 74.8 cm³/mol. The van der Waals surface area contributed by atoms with Gasteiger partial charge >= 0.3 is 0 Å². The van der Waals surface area contributed by atoms with Crippen LogP contribution in [0.5, 0.6) is 0 Å². The molecule has 1 aliphatic carbocycles. The number of hydrogen-bond donors (Lipinski definition) is 0. The van der Waals surface area contributed by atoms with Crippen LogP contribution in [0.2, 0.25) is 0 Å². The summed E-state index contributed by atoms with van der Waals surface area (Å²) in [5.74, 6) is -0.206. The summed E-state index contributed by atoms with van der Waals surface area (Å²) in [6.07, 6.45) is 6.40. The van der Waals surface area contributed by atoms with E-state index in [1.165, 1.54) is 16.9 Å². The van der Waals surface area contributed by atoms with Crippen molar-refractivity contribution >= 4 is 33.3 Å². The first kappa shape index (κ1) is 12.1. The normalized spacial score (nSPS) is 21.6. The molecule has 1 atom stereocenters. The van der Waals surface area contributed by atoms with E-state index in [-0.39, 0.29) is 0 Å². The number of carbonyl (C=O) groups is 1. The Balaban J connectivity index is 1.89. The Morgan fingerprint density at radius 1 is 1.35 bits per heavy atom. The molecule has 2 aliphatic rings. The molecule has 0 spiro atoms. The number of carboxylic acids is 1. The lowest BCUT2D eigenvalue weighted by molar-refractivity contribution is -0.307. The van der Waals surface area contributed by atoms with Gasteiger partial charge in [-0.05, 0) is 37.7 Å². The van der Waals surface area contributed by atoms with Crippen LogP contribution in [0.4, 0.5) is 5.82 Å². The third-order valence-corrected chi connectivity index (χ3v) is 5.48. The van der Waals surface area contributed by atoms with Crippen LogP contribution in [0.25, 0.3) is 10.2 Å². The Kier molecular flexibility index (Phi) is 2.66. The summed E-state index contributed by atoms with van der Waals surface area (Å²) in [5, 5.41) is 12.4. The molecular weight excluding hydrogens is 274 g/mol. The van der Waals surface area contributed by atoms with Gasteiger partial charge in [-0.15, -0.1) is 11.3 Å². The van der Waals surface area contributed by atoms with Crippen molar-refractivity contribution in [3.05, 3.63) is 16.8 Å². The molecule has 3 heterocycles. The Morgan fingerprint density at radius 3 is 3.10 bits per heavy atom. The minimum Gasteiger partial charge on any atom is -0.548 e. The van der Waals surface area contributed by atoms with Crippen molar-refractivity contribution in [3.63, 3.8) is 0 Å². The molecule has 0 aromatic carbocycles. The van der Waals surface area contributed by atoms with Crippen LogP contribution in [0, 0.1) is 0 Å². The number of fused-ring (bicyclic) bond motifs is 3. The lowest BCUT2D eigenvalue weighted by Crippen LogP contribution is -2.44. The number of carboxylic acid groups (broad SMARTS) is 1. The molecule has 0 bridgehead atoms. The predicted octanol–water partition coefficient (Wildman–Crippen LogP) is 0.899. The Morgan fingerprint density at radius 2 is 2.25 bits per heavy atom. The van der Waals surface area contributed by atoms with E-state index in [4.69, 9.17) is 0 Å². The molecule has 5 nitrogen and oxygen atoms in total. The first-order valence-electron chi connectivity index (χ1n) is 6.98. The maximum absolute atomic E-state index is 11.3. The van der Waals surface area contributed by atoms with E-state index in [1.54, 1.807) is 17.7 Å². The largest absolute Gasteiger partial charge is 0.548 e. The summed E-state index contributed by atoms with van der Waals surface area (Å²) >= 11 is 1.73. The van der Waals surface area contributed by atoms with E-state index in [9.17, 15) is 9.90 Å². The summed E-state index contributed by atoms with van der Waals surface area (Å²) < 4.78 is 0. The van der Waals surface area contributed by atoms with Crippen molar-refractivity contribution in [2.75, 3.05) is 11.4 Å². The standard InChI is InChI=1S/C14H15N3O2S/c18-14(19)9-4-2-6-17(9)12-11-8-3-1-5-10(8)20-13(11)16-7-15-12/h7,9H,1-6H2,(H,18,19)/p-1/t9-/m1/s1.